The Hall–Kier alpha value is -1.84. The first kappa shape index (κ1) is 18.9. The summed E-state index contributed by atoms with van der Waals surface area (Å²) in [5.41, 5.74) is 2.43. The molecule has 1 atom stereocenters. The van der Waals surface area contributed by atoms with Gasteiger partial charge in [-0.1, -0.05) is 67.1 Å². The molecule has 0 bridgehead atoms. The molecule has 2 aromatic rings. The van der Waals surface area contributed by atoms with Crippen LogP contribution >= 0.6 is 11.6 Å². The van der Waals surface area contributed by atoms with E-state index in [-0.39, 0.29) is 11.8 Å². The van der Waals surface area contributed by atoms with Crippen molar-refractivity contribution in [3.8, 4) is 0 Å². The molecule has 1 unspecified atom stereocenters. The van der Waals surface area contributed by atoms with Gasteiger partial charge >= 0.3 is 0 Å². The molecule has 0 radical (unpaired) electrons. The van der Waals surface area contributed by atoms with Crippen LogP contribution in [0.2, 0.25) is 5.02 Å². The number of hydrogen-bond donors (Lipinski definition) is 1. The van der Waals surface area contributed by atoms with Gasteiger partial charge in [-0.25, -0.2) is 0 Å². The number of nitrogens with zero attached hydrogens (tertiary/aromatic N) is 1. The summed E-state index contributed by atoms with van der Waals surface area (Å²) < 4.78 is 0. The molecule has 138 valence electrons. The normalized spacial score (nSPS) is 17.0. The largest absolute Gasteiger partial charge is 0.355 e. The van der Waals surface area contributed by atoms with Crippen molar-refractivity contribution >= 4 is 17.5 Å². The van der Waals surface area contributed by atoms with E-state index in [2.05, 4.69) is 35.3 Å². The van der Waals surface area contributed by atoms with Gasteiger partial charge in [0.1, 0.15) is 0 Å². The lowest BCUT2D eigenvalue weighted by Crippen LogP contribution is -2.41. The standard InChI is InChI=1S/C22H27ClN2O/c1-17(18-7-3-2-4-8-18)15-24-22(26)19-11-13-25(14-12-19)16-20-9-5-6-10-21(20)23/h2-10,17,19H,11-16H2,1H3,(H,24,26). The summed E-state index contributed by atoms with van der Waals surface area (Å²) in [6, 6.07) is 18.3. The Morgan fingerprint density at radius 1 is 1.12 bits per heavy atom. The maximum atomic E-state index is 12.5. The quantitative estimate of drug-likeness (QED) is 0.813. The van der Waals surface area contributed by atoms with E-state index in [9.17, 15) is 4.79 Å². The molecule has 2 aromatic carbocycles. The smallest absolute Gasteiger partial charge is 0.223 e. The summed E-state index contributed by atoms with van der Waals surface area (Å²) in [4.78, 5) is 14.9. The molecule has 1 fully saturated rings. The zero-order valence-electron chi connectivity index (χ0n) is 15.3. The first-order valence-corrected chi connectivity index (χ1v) is 9.79. The number of amides is 1. The Labute approximate surface area is 161 Å². The van der Waals surface area contributed by atoms with E-state index in [1.807, 2.05) is 36.4 Å². The zero-order chi connectivity index (χ0) is 18.4. The molecule has 4 heteroatoms. The van der Waals surface area contributed by atoms with Crippen molar-refractivity contribution < 1.29 is 4.79 Å². The Morgan fingerprint density at radius 2 is 1.77 bits per heavy atom. The second kappa shape index (κ2) is 9.20. The third-order valence-electron chi connectivity index (χ3n) is 5.26. The van der Waals surface area contributed by atoms with E-state index in [1.165, 1.54) is 5.56 Å². The van der Waals surface area contributed by atoms with Crippen LogP contribution in [0, 0.1) is 5.92 Å². The predicted octanol–water partition coefficient (Wildman–Crippen LogP) is 4.47. The van der Waals surface area contributed by atoms with E-state index in [4.69, 9.17) is 11.6 Å². The fraction of sp³-hybridized carbons (Fsp3) is 0.409. The van der Waals surface area contributed by atoms with Crippen molar-refractivity contribution in [3.63, 3.8) is 0 Å². The Balaban J connectivity index is 1.43. The van der Waals surface area contributed by atoms with Crippen molar-refractivity contribution in [1.82, 2.24) is 10.2 Å². The summed E-state index contributed by atoms with van der Waals surface area (Å²) in [7, 11) is 0. The average Bonchev–Trinajstić information content (AvgIpc) is 2.69. The van der Waals surface area contributed by atoms with Gasteiger partial charge in [0.15, 0.2) is 0 Å². The van der Waals surface area contributed by atoms with E-state index in [1.54, 1.807) is 0 Å². The molecular weight excluding hydrogens is 344 g/mol. The minimum atomic E-state index is 0.125. The Bertz CT molecular complexity index is 711. The van der Waals surface area contributed by atoms with Crippen LogP contribution in [-0.4, -0.2) is 30.4 Å². The maximum absolute atomic E-state index is 12.5. The van der Waals surface area contributed by atoms with Crippen molar-refractivity contribution in [3.05, 3.63) is 70.7 Å². The summed E-state index contributed by atoms with van der Waals surface area (Å²) in [5, 5.41) is 3.97. The second-order valence-corrected chi connectivity index (χ2v) is 7.61. The Kier molecular flexibility index (Phi) is 6.70. The highest BCUT2D eigenvalue weighted by atomic mass is 35.5. The topological polar surface area (TPSA) is 32.3 Å². The number of benzene rings is 2. The number of nitrogens with one attached hydrogen (secondary N) is 1. The number of likely N-dealkylation sites (tertiary alicyclic amines) is 1. The van der Waals surface area contributed by atoms with Crippen LogP contribution in [0.3, 0.4) is 0 Å². The van der Waals surface area contributed by atoms with Gasteiger partial charge in [-0.3, -0.25) is 9.69 Å². The summed E-state index contributed by atoms with van der Waals surface area (Å²) in [5.74, 6) is 0.658. The summed E-state index contributed by atoms with van der Waals surface area (Å²) in [6.45, 7) is 5.60. The van der Waals surface area contributed by atoms with Crippen LogP contribution in [0.1, 0.15) is 36.8 Å². The molecule has 1 amide bonds. The van der Waals surface area contributed by atoms with Crippen LogP contribution in [0.5, 0.6) is 0 Å². The molecule has 0 saturated carbocycles. The number of rotatable bonds is 6. The van der Waals surface area contributed by atoms with Crippen molar-refractivity contribution in [1.29, 1.82) is 0 Å². The molecule has 0 aliphatic carbocycles. The number of hydrogen-bond acceptors (Lipinski definition) is 2. The minimum Gasteiger partial charge on any atom is -0.355 e. The van der Waals surface area contributed by atoms with Gasteiger partial charge in [0.05, 0.1) is 0 Å². The highest BCUT2D eigenvalue weighted by Gasteiger charge is 2.25. The highest BCUT2D eigenvalue weighted by Crippen LogP contribution is 2.22. The van der Waals surface area contributed by atoms with Crippen molar-refractivity contribution in [2.45, 2.75) is 32.2 Å². The first-order valence-electron chi connectivity index (χ1n) is 9.42. The van der Waals surface area contributed by atoms with Gasteiger partial charge in [-0.15, -0.1) is 0 Å². The van der Waals surface area contributed by atoms with Gasteiger partial charge in [0.25, 0.3) is 0 Å². The van der Waals surface area contributed by atoms with E-state index in [0.717, 1.165) is 43.1 Å². The summed E-state index contributed by atoms with van der Waals surface area (Å²) >= 11 is 6.25. The van der Waals surface area contributed by atoms with E-state index < -0.39 is 0 Å². The predicted molar refractivity (Wildman–Crippen MR) is 107 cm³/mol. The fourth-order valence-corrected chi connectivity index (χ4v) is 3.71. The average molecular weight is 371 g/mol. The molecule has 0 spiro atoms. The van der Waals surface area contributed by atoms with E-state index in [0.29, 0.717) is 12.5 Å². The van der Waals surface area contributed by atoms with E-state index >= 15 is 0 Å². The minimum absolute atomic E-state index is 0.125. The summed E-state index contributed by atoms with van der Waals surface area (Å²) in [6.07, 6.45) is 1.83. The van der Waals surface area contributed by atoms with Crippen LogP contribution in [0.25, 0.3) is 0 Å². The number of carbonyl (C=O) groups excluding carboxylic acids is 1. The molecule has 1 N–H and O–H groups in total. The van der Waals surface area contributed by atoms with Crippen LogP contribution < -0.4 is 5.32 Å². The lowest BCUT2D eigenvalue weighted by atomic mass is 9.95. The third-order valence-corrected chi connectivity index (χ3v) is 5.63. The van der Waals surface area contributed by atoms with Crippen LogP contribution in [0.15, 0.2) is 54.6 Å². The number of halogens is 1. The molecular formula is C22H27ClN2O. The maximum Gasteiger partial charge on any atom is 0.223 e. The molecule has 1 saturated heterocycles. The molecule has 1 aliphatic rings. The molecule has 1 heterocycles. The highest BCUT2D eigenvalue weighted by molar-refractivity contribution is 6.31. The zero-order valence-corrected chi connectivity index (χ0v) is 16.1. The third kappa shape index (κ3) is 5.09. The monoisotopic (exact) mass is 370 g/mol. The van der Waals surface area contributed by atoms with Crippen LogP contribution in [0.4, 0.5) is 0 Å². The lowest BCUT2D eigenvalue weighted by Gasteiger charge is -2.31. The molecule has 3 nitrogen and oxygen atoms in total. The van der Waals surface area contributed by atoms with Crippen molar-refractivity contribution in [2.75, 3.05) is 19.6 Å². The molecule has 26 heavy (non-hydrogen) atoms. The lowest BCUT2D eigenvalue weighted by molar-refractivity contribution is -0.126. The SMILES string of the molecule is CC(CNC(=O)C1CCN(Cc2ccccc2Cl)CC1)c1ccccc1. The van der Waals surface area contributed by atoms with Crippen molar-refractivity contribution in [2.24, 2.45) is 5.92 Å². The van der Waals surface area contributed by atoms with Gasteiger partial charge in [0.2, 0.25) is 5.91 Å². The molecule has 3 rings (SSSR count). The van der Waals surface area contributed by atoms with Gasteiger partial charge in [-0.05, 0) is 49.0 Å². The number of piperidine rings is 1. The molecule has 0 aromatic heterocycles. The van der Waals surface area contributed by atoms with Gasteiger partial charge in [-0.2, -0.15) is 0 Å². The number of carbonyl (C=O) groups is 1. The van der Waals surface area contributed by atoms with Crippen LogP contribution in [-0.2, 0) is 11.3 Å². The van der Waals surface area contributed by atoms with Gasteiger partial charge in [0, 0.05) is 24.0 Å². The second-order valence-electron chi connectivity index (χ2n) is 7.20. The van der Waals surface area contributed by atoms with Gasteiger partial charge < -0.3 is 5.32 Å². The molecule has 1 aliphatic heterocycles. The first-order chi connectivity index (χ1) is 12.6. The fourth-order valence-electron chi connectivity index (χ4n) is 3.52. The Morgan fingerprint density at radius 3 is 2.46 bits per heavy atom.